The molecule has 0 spiro atoms. The molecule has 0 aliphatic heterocycles. The van der Waals surface area contributed by atoms with Crippen LogP contribution in [-0.4, -0.2) is 22.8 Å². The maximum atomic E-state index is 13.0. The van der Waals surface area contributed by atoms with Gasteiger partial charge in [0.25, 0.3) is 5.91 Å². The lowest BCUT2D eigenvalue weighted by atomic mass is 10.2. The van der Waals surface area contributed by atoms with E-state index in [1.165, 1.54) is 23.5 Å². The third-order valence-electron chi connectivity index (χ3n) is 4.00. The van der Waals surface area contributed by atoms with E-state index in [4.69, 9.17) is 0 Å². The number of halogens is 1. The Hall–Kier alpha value is -2.57. The zero-order valence-corrected chi connectivity index (χ0v) is 15.6. The Morgan fingerprint density at radius 3 is 2.58 bits per heavy atom. The van der Waals surface area contributed by atoms with Gasteiger partial charge in [0.1, 0.15) is 10.8 Å². The van der Waals surface area contributed by atoms with E-state index in [1.807, 2.05) is 36.4 Å². The minimum absolute atomic E-state index is 0.0494. The van der Waals surface area contributed by atoms with Crippen molar-refractivity contribution in [3.8, 4) is 9.88 Å². The average molecular weight is 382 g/mol. The van der Waals surface area contributed by atoms with E-state index in [9.17, 15) is 9.18 Å². The zero-order chi connectivity index (χ0) is 18.1. The second-order valence-corrected chi connectivity index (χ2v) is 8.05. The lowest BCUT2D eigenvalue weighted by Crippen LogP contribution is -2.25. The van der Waals surface area contributed by atoms with Gasteiger partial charge in [0, 0.05) is 13.6 Å². The Labute approximate surface area is 158 Å². The second-order valence-electron chi connectivity index (χ2n) is 5.94. The molecule has 4 aromatic rings. The van der Waals surface area contributed by atoms with Gasteiger partial charge in [-0.1, -0.05) is 24.3 Å². The Morgan fingerprint density at radius 2 is 1.81 bits per heavy atom. The van der Waals surface area contributed by atoms with Crippen LogP contribution in [0.3, 0.4) is 0 Å². The highest BCUT2D eigenvalue weighted by Gasteiger charge is 2.16. The molecule has 0 radical (unpaired) electrons. The largest absolute Gasteiger partial charge is 0.337 e. The van der Waals surface area contributed by atoms with E-state index in [2.05, 4.69) is 4.98 Å². The highest BCUT2D eigenvalue weighted by Crippen LogP contribution is 2.34. The molecule has 0 aliphatic carbocycles. The molecule has 1 amide bonds. The van der Waals surface area contributed by atoms with Crippen LogP contribution in [0.15, 0.2) is 60.7 Å². The standard InChI is InChI=1S/C20H15FN2OS2/c1-23(12-13-6-8-14(21)9-7-13)20(24)18-11-10-17(25-18)19-22-15-4-2-3-5-16(15)26-19/h2-11H,12H2,1H3. The fourth-order valence-electron chi connectivity index (χ4n) is 2.67. The van der Waals surface area contributed by atoms with E-state index < -0.39 is 0 Å². The Balaban J connectivity index is 1.53. The van der Waals surface area contributed by atoms with Crippen LogP contribution in [0.2, 0.25) is 0 Å². The monoisotopic (exact) mass is 382 g/mol. The van der Waals surface area contributed by atoms with Gasteiger partial charge in [0.05, 0.1) is 20.0 Å². The fourth-order valence-corrected chi connectivity index (χ4v) is 4.69. The van der Waals surface area contributed by atoms with E-state index in [0.717, 1.165) is 25.7 Å². The molecule has 6 heteroatoms. The van der Waals surface area contributed by atoms with E-state index in [0.29, 0.717) is 11.4 Å². The van der Waals surface area contributed by atoms with E-state index >= 15 is 0 Å². The highest BCUT2D eigenvalue weighted by atomic mass is 32.1. The van der Waals surface area contributed by atoms with Gasteiger partial charge >= 0.3 is 0 Å². The topological polar surface area (TPSA) is 33.2 Å². The van der Waals surface area contributed by atoms with Gasteiger partial charge in [-0.15, -0.1) is 22.7 Å². The predicted octanol–water partition coefficient (Wildman–Crippen LogP) is 5.44. The van der Waals surface area contributed by atoms with Crippen molar-refractivity contribution in [3.63, 3.8) is 0 Å². The van der Waals surface area contributed by atoms with E-state index in [1.54, 1.807) is 35.4 Å². The third-order valence-corrected chi connectivity index (χ3v) is 6.28. The highest BCUT2D eigenvalue weighted by molar-refractivity contribution is 7.26. The summed E-state index contributed by atoms with van der Waals surface area (Å²) in [5.41, 5.74) is 1.87. The first-order chi connectivity index (χ1) is 12.6. The van der Waals surface area contributed by atoms with Crippen LogP contribution in [0.25, 0.3) is 20.1 Å². The maximum absolute atomic E-state index is 13.0. The number of carbonyl (C=O) groups is 1. The molecule has 3 nitrogen and oxygen atoms in total. The molecule has 0 atom stereocenters. The molecule has 2 aromatic heterocycles. The minimum atomic E-state index is -0.276. The van der Waals surface area contributed by atoms with Crippen LogP contribution < -0.4 is 0 Å². The normalized spacial score (nSPS) is 11.0. The summed E-state index contributed by atoms with van der Waals surface area (Å²) >= 11 is 3.07. The minimum Gasteiger partial charge on any atom is -0.337 e. The van der Waals surface area contributed by atoms with Gasteiger partial charge < -0.3 is 4.90 Å². The summed E-state index contributed by atoms with van der Waals surface area (Å²) in [6, 6.07) is 18.0. The molecule has 0 saturated heterocycles. The summed E-state index contributed by atoms with van der Waals surface area (Å²) in [5, 5.41) is 0.927. The summed E-state index contributed by atoms with van der Waals surface area (Å²) in [6.07, 6.45) is 0. The number of amides is 1. The lowest BCUT2D eigenvalue weighted by molar-refractivity contribution is 0.0790. The summed E-state index contributed by atoms with van der Waals surface area (Å²) in [6.45, 7) is 0.438. The lowest BCUT2D eigenvalue weighted by Gasteiger charge is -2.16. The number of aromatic nitrogens is 1. The van der Waals surface area contributed by atoms with Gasteiger partial charge in [-0.25, -0.2) is 9.37 Å². The van der Waals surface area contributed by atoms with Gasteiger partial charge in [0.15, 0.2) is 0 Å². The van der Waals surface area contributed by atoms with Crippen molar-refractivity contribution in [1.29, 1.82) is 0 Å². The first-order valence-electron chi connectivity index (χ1n) is 8.06. The van der Waals surface area contributed by atoms with Gasteiger partial charge in [0.2, 0.25) is 0 Å². The maximum Gasteiger partial charge on any atom is 0.263 e. The van der Waals surface area contributed by atoms with Gasteiger partial charge in [-0.2, -0.15) is 0 Å². The number of fused-ring (bicyclic) bond motifs is 1. The first-order valence-corrected chi connectivity index (χ1v) is 9.69. The Kier molecular flexibility index (Phi) is 4.53. The number of benzene rings is 2. The molecule has 0 fully saturated rings. The number of thiophene rings is 1. The molecule has 0 saturated carbocycles. The van der Waals surface area contributed by atoms with Crippen LogP contribution in [0.5, 0.6) is 0 Å². The molecule has 0 bridgehead atoms. The summed E-state index contributed by atoms with van der Waals surface area (Å²) in [7, 11) is 1.75. The van der Waals surface area contributed by atoms with Crippen LogP contribution in [-0.2, 0) is 6.54 Å². The first kappa shape index (κ1) is 16.9. The summed E-state index contributed by atoms with van der Waals surface area (Å²) in [5.74, 6) is -0.326. The van der Waals surface area contributed by atoms with Crippen molar-refractivity contribution >= 4 is 38.8 Å². The van der Waals surface area contributed by atoms with Crippen LogP contribution >= 0.6 is 22.7 Å². The van der Waals surface area contributed by atoms with Crippen LogP contribution in [0.4, 0.5) is 4.39 Å². The zero-order valence-electron chi connectivity index (χ0n) is 14.0. The number of thiazole rings is 1. The van der Waals surface area contributed by atoms with Crippen molar-refractivity contribution in [2.75, 3.05) is 7.05 Å². The molecular formula is C20H15FN2OS2. The number of hydrogen-bond acceptors (Lipinski definition) is 4. The van der Waals surface area contributed by atoms with Crippen molar-refractivity contribution < 1.29 is 9.18 Å². The van der Waals surface area contributed by atoms with Crippen LogP contribution in [0.1, 0.15) is 15.2 Å². The smallest absolute Gasteiger partial charge is 0.263 e. The number of hydrogen-bond donors (Lipinski definition) is 0. The summed E-state index contributed by atoms with van der Waals surface area (Å²) in [4.78, 5) is 20.6. The molecular weight excluding hydrogens is 367 g/mol. The third kappa shape index (κ3) is 3.38. The van der Waals surface area contributed by atoms with Crippen molar-refractivity contribution in [3.05, 3.63) is 76.9 Å². The van der Waals surface area contributed by atoms with Gasteiger partial charge in [-0.3, -0.25) is 4.79 Å². The number of carbonyl (C=O) groups excluding carboxylic acids is 1. The number of nitrogens with zero attached hydrogens (tertiary/aromatic N) is 2. The SMILES string of the molecule is CN(Cc1ccc(F)cc1)C(=O)c1ccc(-c2nc3ccccc3s2)s1. The summed E-state index contributed by atoms with van der Waals surface area (Å²) < 4.78 is 14.1. The molecule has 0 unspecified atom stereocenters. The Bertz CT molecular complexity index is 1040. The van der Waals surface area contributed by atoms with Crippen LogP contribution in [0, 0.1) is 5.82 Å². The number of rotatable bonds is 4. The predicted molar refractivity (Wildman–Crippen MR) is 105 cm³/mol. The van der Waals surface area contributed by atoms with Crippen molar-refractivity contribution in [1.82, 2.24) is 9.88 Å². The Morgan fingerprint density at radius 1 is 1.04 bits per heavy atom. The van der Waals surface area contributed by atoms with E-state index in [-0.39, 0.29) is 11.7 Å². The number of para-hydroxylation sites is 1. The molecule has 0 aliphatic rings. The average Bonchev–Trinajstić information content (AvgIpc) is 3.29. The van der Waals surface area contributed by atoms with Crippen molar-refractivity contribution in [2.45, 2.75) is 6.54 Å². The molecule has 2 heterocycles. The quantitative estimate of drug-likeness (QED) is 0.471. The molecule has 4 rings (SSSR count). The second kappa shape index (κ2) is 6.97. The van der Waals surface area contributed by atoms with Gasteiger partial charge in [-0.05, 0) is 42.0 Å². The molecule has 130 valence electrons. The molecule has 0 N–H and O–H groups in total. The molecule has 2 aromatic carbocycles. The fraction of sp³-hybridized carbons (Fsp3) is 0.100. The molecule has 26 heavy (non-hydrogen) atoms. The van der Waals surface area contributed by atoms with Crippen molar-refractivity contribution in [2.24, 2.45) is 0 Å².